The van der Waals surface area contributed by atoms with Gasteiger partial charge in [-0.3, -0.25) is 9.69 Å². The largest absolute Gasteiger partial charge is 0.387 e. The molecule has 29 heavy (non-hydrogen) atoms. The van der Waals surface area contributed by atoms with E-state index in [-0.39, 0.29) is 24.9 Å². The molecule has 0 radical (unpaired) electrons. The van der Waals surface area contributed by atoms with Gasteiger partial charge in [0.2, 0.25) is 0 Å². The van der Waals surface area contributed by atoms with Crippen LogP contribution in [0.3, 0.4) is 0 Å². The smallest absolute Gasteiger partial charge is 0.272 e. The first-order valence-corrected chi connectivity index (χ1v) is 10.3. The molecule has 1 atom stereocenters. The van der Waals surface area contributed by atoms with Gasteiger partial charge in [0.05, 0.1) is 13.1 Å². The Kier molecular flexibility index (Phi) is 4.38. The van der Waals surface area contributed by atoms with Crippen LogP contribution in [0.15, 0.2) is 23.4 Å². The molecule has 1 spiro atoms. The summed E-state index contributed by atoms with van der Waals surface area (Å²) in [7, 11) is 0. The van der Waals surface area contributed by atoms with Gasteiger partial charge < -0.3 is 9.74 Å². The molecule has 1 unspecified atom stereocenters. The van der Waals surface area contributed by atoms with E-state index in [0.29, 0.717) is 30.8 Å². The topological polar surface area (TPSA) is 45.1 Å². The number of piperidine rings is 1. The predicted molar refractivity (Wildman–Crippen MR) is 99.9 cm³/mol. The molecular formula is C21H24F3N3O2. The van der Waals surface area contributed by atoms with Crippen LogP contribution in [-0.4, -0.2) is 58.9 Å². The number of halogens is 3. The molecule has 5 rings (SSSR count). The fourth-order valence-corrected chi connectivity index (χ4v) is 4.84. The van der Waals surface area contributed by atoms with E-state index >= 15 is 0 Å². The number of likely N-dealkylation sites (tertiary alicyclic amines) is 2. The number of carbonyl (C=O) groups is 1. The van der Waals surface area contributed by atoms with Crippen molar-refractivity contribution < 1.29 is 22.8 Å². The zero-order valence-corrected chi connectivity index (χ0v) is 16.2. The molecular weight excluding hydrogens is 383 g/mol. The maximum Gasteiger partial charge on any atom is 0.272 e. The quantitative estimate of drug-likeness (QED) is 0.771. The second kappa shape index (κ2) is 6.72. The Bertz CT molecular complexity index is 867. The van der Waals surface area contributed by atoms with Crippen molar-refractivity contribution in [3.63, 3.8) is 0 Å². The number of hydrogen-bond donors (Lipinski definition) is 0. The number of alkyl halides is 1. The molecule has 1 aromatic carbocycles. The van der Waals surface area contributed by atoms with Crippen molar-refractivity contribution in [1.29, 1.82) is 0 Å². The summed E-state index contributed by atoms with van der Waals surface area (Å²) in [5.41, 5.74) is -1.04. The van der Waals surface area contributed by atoms with Gasteiger partial charge >= 0.3 is 0 Å². The first-order valence-electron chi connectivity index (χ1n) is 10.3. The van der Waals surface area contributed by atoms with Crippen molar-refractivity contribution in [2.75, 3.05) is 26.2 Å². The van der Waals surface area contributed by atoms with Crippen LogP contribution in [0.25, 0.3) is 0 Å². The van der Waals surface area contributed by atoms with Crippen LogP contribution in [0.2, 0.25) is 0 Å². The van der Waals surface area contributed by atoms with Crippen LogP contribution in [0.1, 0.15) is 37.7 Å². The Morgan fingerprint density at radius 2 is 2.03 bits per heavy atom. The molecule has 3 heterocycles. The molecule has 156 valence electrons. The number of hydrogen-bond acceptors (Lipinski definition) is 4. The summed E-state index contributed by atoms with van der Waals surface area (Å²) < 4.78 is 41.7. The van der Waals surface area contributed by atoms with E-state index in [1.165, 1.54) is 17.0 Å². The maximum absolute atomic E-state index is 14.5. The molecule has 4 aliphatic rings. The summed E-state index contributed by atoms with van der Waals surface area (Å²) in [5, 5.41) is 4.05. The molecule has 0 aromatic heterocycles. The summed E-state index contributed by atoms with van der Waals surface area (Å²) >= 11 is 0. The highest BCUT2D eigenvalue weighted by atomic mass is 19.1. The number of rotatable bonds is 4. The van der Waals surface area contributed by atoms with Crippen LogP contribution in [0.5, 0.6) is 0 Å². The van der Waals surface area contributed by atoms with Crippen molar-refractivity contribution >= 4 is 11.6 Å². The molecule has 8 heteroatoms. The number of carbonyl (C=O) groups excluding carboxylic acids is 1. The normalized spacial score (nSPS) is 28.8. The van der Waals surface area contributed by atoms with Gasteiger partial charge in [0.1, 0.15) is 23.0 Å². The van der Waals surface area contributed by atoms with Gasteiger partial charge in [-0.25, -0.2) is 13.2 Å². The average molecular weight is 407 g/mol. The highest BCUT2D eigenvalue weighted by Crippen LogP contribution is 2.47. The molecule has 3 fully saturated rings. The van der Waals surface area contributed by atoms with E-state index in [1.807, 2.05) is 4.90 Å². The minimum Gasteiger partial charge on any atom is -0.387 e. The van der Waals surface area contributed by atoms with Crippen LogP contribution in [0, 0.1) is 17.6 Å². The lowest BCUT2D eigenvalue weighted by molar-refractivity contribution is -0.139. The Hall–Kier alpha value is -2.09. The first-order chi connectivity index (χ1) is 13.9. The second-order valence-electron chi connectivity index (χ2n) is 9.01. The third-order valence-electron chi connectivity index (χ3n) is 6.62. The second-order valence-corrected chi connectivity index (χ2v) is 9.01. The van der Waals surface area contributed by atoms with Crippen LogP contribution >= 0.6 is 0 Å². The Morgan fingerprint density at radius 3 is 2.76 bits per heavy atom. The third kappa shape index (κ3) is 3.52. The molecule has 3 aliphatic heterocycles. The van der Waals surface area contributed by atoms with Gasteiger partial charge in [0.15, 0.2) is 5.60 Å². The molecule has 1 saturated carbocycles. The first kappa shape index (κ1) is 18.9. The number of oxime groups is 1. The van der Waals surface area contributed by atoms with Gasteiger partial charge in [-0.15, -0.1) is 0 Å². The molecule has 1 aliphatic carbocycles. The van der Waals surface area contributed by atoms with Crippen LogP contribution in [-0.2, 0) is 16.2 Å². The molecule has 0 N–H and O–H groups in total. The van der Waals surface area contributed by atoms with Crippen molar-refractivity contribution in [1.82, 2.24) is 9.80 Å². The Labute approximate surface area is 167 Å². The highest BCUT2D eigenvalue weighted by Gasteiger charge is 2.56. The van der Waals surface area contributed by atoms with E-state index in [1.54, 1.807) is 0 Å². The number of benzene rings is 1. The van der Waals surface area contributed by atoms with Gasteiger partial charge in [0, 0.05) is 31.1 Å². The Balaban J connectivity index is 1.19. The summed E-state index contributed by atoms with van der Waals surface area (Å²) in [6.45, 7) is 1.93. The molecule has 0 bridgehead atoms. The van der Waals surface area contributed by atoms with Crippen molar-refractivity contribution in [2.45, 2.75) is 49.9 Å². The van der Waals surface area contributed by atoms with Gasteiger partial charge in [-0.2, -0.15) is 0 Å². The van der Waals surface area contributed by atoms with Crippen LogP contribution < -0.4 is 0 Å². The highest BCUT2D eigenvalue weighted by molar-refractivity contribution is 6.39. The van der Waals surface area contributed by atoms with Crippen molar-refractivity contribution in [3.8, 4) is 0 Å². The predicted octanol–water partition coefficient (Wildman–Crippen LogP) is 3.04. The number of nitrogens with zero attached hydrogens (tertiary/aromatic N) is 3. The monoisotopic (exact) mass is 407 g/mol. The van der Waals surface area contributed by atoms with Crippen LogP contribution in [0.4, 0.5) is 13.2 Å². The Morgan fingerprint density at radius 1 is 1.24 bits per heavy atom. The van der Waals surface area contributed by atoms with Gasteiger partial charge in [0.25, 0.3) is 5.91 Å². The lowest BCUT2D eigenvalue weighted by Crippen LogP contribution is -2.63. The van der Waals surface area contributed by atoms with Crippen molar-refractivity contribution in [2.24, 2.45) is 11.1 Å². The maximum atomic E-state index is 14.5. The zero-order chi connectivity index (χ0) is 20.2. The summed E-state index contributed by atoms with van der Waals surface area (Å²) in [6.07, 6.45) is 3.80. The van der Waals surface area contributed by atoms with E-state index < -0.39 is 22.9 Å². The van der Waals surface area contributed by atoms with E-state index in [2.05, 4.69) is 5.16 Å². The van der Waals surface area contributed by atoms with Crippen molar-refractivity contribution in [3.05, 3.63) is 35.4 Å². The lowest BCUT2D eigenvalue weighted by atomic mass is 9.86. The van der Waals surface area contributed by atoms with E-state index in [0.717, 1.165) is 38.3 Å². The van der Waals surface area contributed by atoms with Gasteiger partial charge in [-0.1, -0.05) is 11.2 Å². The molecule has 5 nitrogen and oxygen atoms in total. The number of amides is 1. The lowest BCUT2D eigenvalue weighted by Gasteiger charge is -2.44. The summed E-state index contributed by atoms with van der Waals surface area (Å²) in [4.78, 5) is 22.0. The zero-order valence-electron chi connectivity index (χ0n) is 16.2. The fraction of sp³-hybridized carbons (Fsp3) is 0.619. The minimum absolute atomic E-state index is 0.110. The minimum atomic E-state index is -1.21. The standard InChI is InChI=1S/C21H24F3N3O2/c22-16-5-2-14(17(23)8-16)10-26-7-1-6-20(11-26)9-18(25-29-20)19(28)27-12-21(24,13-27)15-3-4-15/h2,5,8,15H,1,3-4,6-7,9-13H2. The third-order valence-corrected chi connectivity index (χ3v) is 6.62. The van der Waals surface area contributed by atoms with Gasteiger partial charge in [-0.05, 0) is 44.2 Å². The average Bonchev–Trinajstić information content (AvgIpc) is 3.44. The molecule has 2 saturated heterocycles. The van der Waals surface area contributed by atoms with E-state index in [4.69, 9.17) is 4.84 Å². The summed E-state index contributed by atoms with van der Waals surface area (Å²) in [5.74, 6) is -1.29. The van der Waals surface area contributed by atoms with E-state index in [9.17, 15) is 18.0 Å². The summed E-state index contributed by atoms with van der Waals surface area (Å²) in [6, 6.07) is 3.60. The SMILES string of the molecule is O=C(C1=NOC2(CCCN(Cc3ccc(F)cc3F)C2)C1)N1CC(F)(C2CC2)C1. The molecule has 1 amide bonds. The molecule has 1 aromatic rings. The fourth-order valence-electron chi connectivity index (χ4n) is 4.84.